The summed E-state index contributed by atoms with van der Waals surface area (Å²) in [5.41, 5.74) is -0.130. The Bertz CT molecular complexity index is 616. The molecule has 0 saturated carbocycles. The second-order valence-corrected chi connectivity index (χ2v) is 7.48. The van der Waals surface area contributed by atoms with Crippen molar-refractivity contribution < 1.29 is 18.7 Å². The van der Waals surface area contributed by atoms with Gasteiger partial charge >= 0.3 is 6.09 Å². The molecule has 0 unspecified atom stereocenters. The molecule has 2 rings (SSSR count). The molecule has 1 heterocycles. The van der Waals surface area contributed by atoms with Crippen molar-refractivity contribution in [3.8, 4) is 0 Å². The lowest BCUT2D eigenvalue weighted by Gasteiger charge is -2.31. The molecule has 0 fully saturated rings. The zero-order chi connectivity index (χ0) is 16.5. The van der Waals surface area contributed by atoms with Crippen molar-refractivity contribution in [3.63, 3.8) is 0 Å². The van der Waals surface area contributed by atoms with Gasteiger partial charge in [0.05, 0.1) is 21.5 Å². The highest BCUT2D eigenvalue weighted by atomic mass is 79.9. The van der Waals surface area contributed by atoms with E-state index >= 15 is 0 Å². The van der Waals surface area contributed by atoms with Gasteiger partial charge in [-0.3, -0.25) is 9.69 Å². The SMILES string of the molecule is CC(C)(C)OC(=O)N1CCSc2c1ccc(C(=O)CBr)c2F. The Morgan fingerprint density at radius 3 is 2.68 bits per heavy atom. The van der Waals surface area contributed by atoms with E-state index in [9.17, 15) is 14.0 Å². The number of hydrogen-bond donors (Lipinski definition) is 0. The highest BCUT2D eigenvalue weighted by molar-refractivity contribution is 9.09. The summed E-state index contributed by atoms with van der Waals surface area (Å²) in [6.07, 6.45) is -0.506. The zero-order valence-corrected chi connectivity index (χ0v) is 15.0. The second kappa shape index (κ2) is 6.58. The van der Waals surface area contributed by atoms with Gasteiger partial charge in [0.15, 0.2) is 5.78 Å². The van der Waals surface area contributed by atoms with Crippen LogP contribution < -0.4 is 4.90 Å². The topological polar surface area (TPSA) is 46.6 Å². The number of benzene rings is 1. The van der Waals surface area contributed by atoms with Crippen LogP contribution in [0.2, 0.25) is 0 Å². The number of ketones is 1. The molecular formula is C15H17BrFNO3S. The second-order valence-electron chi connectivity index (χ2n) is 5.81. The average Bonchev–Trinajstić information content (AvgIpc) is 2.44. The minimum Gasteiger partial charge on any atom is -0.443 e. The predicted octanol–water partition coefficient (Wildman–Crippen LogP) is 4.25. The van der Waals surface area contributed by atoms with E-state index < -0.39 is 17.5 Å². The first-order valence-electron chi connectivity index (χ1n) is 6.79. The normalized spacial score (nSPS) is 14.5. The maximum atomic E-state index is 14.5. The van der Waals surface area contributed by atoms with Gasteiger partial charge < -0.3 is 4.74 Å². The van der Waals surface area contributed by atoms with Gasteiger partial charge in [0, 0.05) is 12.3 Å². The molecule has 0 atom stereocenters. The van der Waals surface area contributed by atoms with Crippen molar-refractivity contribution in [1.29, 1.82) is 0 Å². The van der Waals surface area contributed by atoms with Crippen molar-refractivity contribution in [2.24, 2.45) is 0 Å². The van der Waals surface area contributed by atoms with Crippen LogP contribution in [0.15, 0.2) is 17.0 Å². The molecule has 0 bridgehead atoms. The van der Waals surface area contributed by atoms with Crippen LogP contribution in [0.25, 0.3) is 0 Å². The Morgan fingerprint density at radius 2 is 2.09 bits per heavy atom. The van der Waals surface area contributed by atoms with E-state index in [1.807, 2.05) is 0 Å². The minimum absolute atomic E-state index is 0.0363. The minimum atomic E-state index is -0.619. The summed E-state index contributed by atoms with van der Waals surface area (Å²) in [7, 11) is 0. The maximum Gasteiger partial charge on any atom is 0.414 e. The molecule has 1 aliphatic rings. The quantitative estimate of drug-likeness (QED) is 0.560. The van der Waals surface area contributed by atoms with E-state index in [0.29, 0.717) is 22.9 Å². The Hall–Kier alpha value is -1.08. The molecule has 0 aliphatic carbocycles. The number of halogens is 2. The van der Waals surface area contributed by atoms with Crippen LogP contribution in [0.3, 0.4) is 0 Å². The molecule has 0 saturated heterocycles. The fourth-order valence-corrected chi connectivity index (χ4v) is 3.39. The molecule has 0 radical (unpaired) electrons. The van der Waals surface area contributed by atoms with Gasteiger partial charge in [-0.2, -0.15) is 0 Å². The molecule has 1 amide bonds. The van der Waals surface area contributed by atoms with Gasteiger partial charge in [-0.15, -0.1) is 11.8 Å². The molecule has 0 aromatic heterocycles. The summed E-state index contributed by atoms with van der Waals surface area (Å²) in [5.74, 6) is -0.342. The molecule has 1 aromatic rings. The first-order chi connectivity index (χ1) is 10.2. The van der Waals surface area contributed by atoms with Gasteiger partial charge in [0.1, 0.15) is 11.4 Å². The van der Waals surface area contributed by atoms with Crippen LogP contribution in [0.4, 0.5) is 14.9 Å². The monoisotopic (exact) mass is 389 g/mol. The van der Waals surface area contributed by atoms with Crippen LogP contribution in [0.1, 0.15) is 31.1 Å². The average molecular weight is 390 g/mol. The number of anilines is 1. The van der Waals surface area contributed by atoms with Gasteiger partial charge in [-0.25, -0.2) is 9.18 Å². The van der Waals surface area contributed by atoms with Crippen LogP contribution >= 0.6 is 27.7 Å². The predicted molar refractivity (Wildman–Crippen MR) is 88.8 cm³/mol. The number of nitrogens with zero attached hydrogens (tertiary/aromatic N) is 1. The zero-order valence-electron chi connectivity index (χ0n) is 12.6. The van der Waals surface area contributed by atoms with Crippen LogP contribution in [-0.2, 0) is 4.74 Å². The number of fused-ring (bicyclic) bond motifs is 1. The number of carbonyl (C=O) groups excluding carboxylic acids is 2. The summed E-state index contributed by atoms with van der Waals surface area (Å²) >= 11 is 4.35. The lowest BCUT2D eigenvalue weighted by Crippen LogP contribution is -2.40. The summed E-state index contributed by atoms with van der Waals surface area (Å²) in [4.78, 5) is 25.7. The highest BCUT2D eigenvalue weighted by Gasteiger charge is 2.30. The van der Waals surface area contributed by atoms with Crippen molar-refractivity contribution in [2.45, 2.75) is 31.3 Å². The molecule has 22 heavy (non-hydrogen) atoms. The van der Waals surface area contributed by atoms with Gasteiger partial charge in [-0.1, -0.05) is 15.9 Å². The fourth-order valence-electron chi connectivity index (χ4n) is 2.05. The lowest BCUT2D eigenvalue weighted by molar-refractivity contribution is 0.0581. The standard InChI is InChI=1S/C15H17BrFNO3S/c1-15(2,3)21-14(20)18-6-7-22-13-10(18)5-4-9(12(13)17)11(19)8-16/h4-5H,6-8H2,1-3H3. The maximum absolute atomic E-state index is 14.5. The Balaban J connectivity index is 2.38. The van der Waals surface area contributed by atoms with Gasteiger partial charge in [-0.05, 0) is 32.9 Å². The Labute approximate surface area is 141 Å². The van der Waals surface area contributed by atoms with Crippen molar-refractivity contribution in [2.75, 3.05) is 22.5 Å². The molecule has 0 spiro atoms. The summed E-state index contributed by atoms with van der Waals surface area (Å²) in [5, 5.41) is 0.0587. The van der Waals surface area contributed by atoms with Crippen molar-refractivity contribution >= 4 is 45.3 Å². The van der Waals surface area contributed by atoms with E-state index in [1.165, 1.54) is 22.7 Å². The largest absolute Gasteiger partial charge is 0.443 e. The molecule has 0 N–H and O–H groups in total. The van der Waals surface area contributed by atoms with Crippen LogP contribution in [0, 0.1) is 5.82 Å². The van der Waals surface area contributed by atoms with Crippen LogP contribution in [-0.4, -0.2) is 35.1 Å². The first kappa shape index (κ1) is 17.3. The van der Waals surface area contributed by atoms with E-state index in [-0.39, 0.29) is 16.7 Å². The third kappa shape index (κ3) is 3.63. The Kier molecular flexibility index (Phi) is 5.17. The van der Waals surface area contributed by atoms with E-state index in [4.69, 9.17) is 4.74 Å². The summed E-state index contributed by atoms with van der Waals surface area (Å²) < 4.78 is 19.9. The van der Waals surface area contributed by atoms with E-state index in [0.717, 1.165) is 0 Å². The van der Waals surface area contributed by atoms with Crippen molar-refractivity contribution in [1.82, 2.24) is 0 Å². The molecular weight excluding hydrogens is 373 g/mol. The number of ether oxygens (including phenoxy) is 1. The third-order valence-corrected chi connectivity index (χ3v) is 4.54. The number of amides is 1. The summed E-state index contributed by atoms with van der Waals surface area (Å²) in [6, 6.07) is 3.02. The number of thioether (sulfide) groups is 1. The number of carbonyl (C=O) groups is 2. The van der Waals surface area contributed by atoms with Crippen molar-refractivity contribution in [3.05, 3.63) is 23.5 Å². The molecule has 1 aromatic carbocycles. The number of Topliss-reactive ketones (excluding diaryl/α,β-unsaturated/α-hetero) is 1. The molecule has 120 valence electrons. The number of rotatable bonds is 2. The van der Waals surface area contributed by atoms with Crippen LogP contribution in [0.5, 0.6) is 0 Å². The lowest BCUT2D eigenvalue weighted by atomic mass is 10.1. The van der Waals surface area contributed by atoms with Gasteiger partial charge in [0.2, 0.25) is 0 Å². The van der Waals surface area contributed by atoms with Gasteiger partial charge in [0.25, 0.3) is 0 Å². The first-order valence-corrected chi connectivity index (χ1v) is 8.90. The fraction of sp³-hybridized carbons (Fsp3) is 0.467. The smallest absolute Gasteiger partial charge is 0.414 e. The van der Waals surface area contributed by atoms with E-state index in [1.54, 1.807) is 26.8 Å². The number of hydrogen-bond acceptors (Lipinski definition) is 4. The van der Waals surface area contributed by atoms with E-state index in [2.05, 4.69) is 15.9 Å². The molecule has 7 heteroatoms. The molecule has 4 nitrogen and oxygen atoms in total. The molecule has 1 aliphatic heterocycles. The third-order valence-electron chi connectivity index (χ3n) is 2.96. The Morgan fingerprint density at radius 1 is 1.41 bits per heavy atom. The highest BCUT2D eigenvalue weighted by Crippen LogP contribution is 2.38. The number of alkyl halides is 1. The summed E-state index contributed by atoms with van der Waals surface area (Å²) in [6.45, 7) is 5.78.